The molecule has 0 saturated heterocycles. The molecule has 5 nitrogen and oxygen atoms in total. The summed E-state index contributed by atoms with van der Waals surface area (Å²) in [4.78, 5) is 12.7. The van der Waals surface area contributed by atoms with E-state index in [9.17, 15) is 26.4 Å². The lowest BCUT2D eigenvalue weighted by atomic mass is 10.1. The smallest absolute Gasteiger partial charge is 0.348 e. The minimum atomic E-state index is -4.67. The minimum absolute atomic E-state index is 0.130. The number of anilines is 1. The minimum Gasteiger partial charge on any atom is -0.348 e. The van der Waals surface area contributed by atoms with Gasteiger partial charge in [0.15, 0.2) is 0 Å². The molecule has 0 aliphatic rings. The summed E-state index contributed by atoms with van der Waals surface area (Å²) in [6.45, 7) is 4.76. The van der Waals surface area contributed by atoms with E-state index in [-0.39, 0.29) is 10.6 Å². The SMILES string of the molecule is Cc1ccc(C(C)NC(=O)CN(c2cccc(C(F)(F)F)c2)S(=O)(=O)c2ccc(C)cc2)cc1. The van der Waals surface area contributed by atoms with Gasteiger partial charge in [0.25, 0.3) is 10.0 Å². The molecular formula is C25H25F3N2O3S. The van der Waals surface area contributed by atoms with Crippen molar-refractivity contribution in [3.63, 3.8) is 0 Å². The first-order valence-electron chi connectivity index (χ1n) is 10.5. The van der Waals surface area contributed by atoms with E-state index in [1.54, 1.807) is 26.0 Å². The Labute approximate surface area is 197 Å². The Morgan fingerprint density at radius 3 is 2.06 bits per heavy atom. The van der Waals surface area contributed by atoms with Gasteiger partial charge in [-0.05, 0) is 56.7 Å². The zero-order valence-corrected chi connectivity index (χ0v) is 19.7. The number of amides is 1. The molecule has 0 radical (unpaired) electrons. The first-order valence-corrected chi connectivity index (χ1v) is 11.9. The zero-order valence-electron chi connectivity index (χ0n) is 18.9. The molecule has 0 aliphatic carbocycles. The Balaban J connectivity index is 1.95. The topological polar surface area (TPSA) is 66.5 Å². The number of carbonyl (C=O) groups is 1. The van der Waals surface area contributed by atoms with Gasteiger partial charge in [0.05, 0.1) is 22.2 Å². The summed E-state index contributed by atoms with van der Waals surface area (Å²) in [6.07, 6.45) is -4.67. The van der Waals surface area contributed by atoms with Gasteiger partial charge in [0, 0.05) is 0 Å². The van der Waals surface area contributed by atoms with Gasteiger partial charge in [-0.1, -0.05) is 53.6 Å². The van der Waals surface area contributed by atoms with E-state index in [0.29, 0.717) is 4.31 Å². The molecule has 0 aromatic heterocycles. The fourth-order valence-corrected chi connectivity index (χ4v) is 4.76. The third-order valence-electron chi connectivity index (χ3n) is 5.31. The van der Waals surface area contributed by atoms with Crippen LogP contribution in [0.3, 0.4) is 0 Å². The summed E-state index contributed by atoms with van der Waals surface area (Å²) in [5.41, 5.74) is 1.40. The van der Waals surface area contributed by atoms with Crippen molar-refractivity contribution in [3.05, 3.63) is 95.1 Å². The number of hydrogen-bond donors (Lipinski definition) is 1. The molecular weight excluding hydrogens is 465 g/mol. The number of nitrogens with zero attached hydrogens (tertiary/aromatic N) is 1. The van der Waals surface area contributed by atoms with Gasteiger partial charge < -0.3 is 5.32 Å². The van der Waals surface area contributed by atoms with Crippen LogP contribution >= 0.6 is 0 Å². The van der Waals surface area contributed by atoms with Gasteiger partial charge in [-0.2, -0.15) is 13.2 Å². The van der Waals surface area contributed by atoms with Gasteiger partial charge in [-0.3, -0.25) is 9.10 Å². The molecule has 3 aromatic carbocycles. The summed E-state index contributed by atoms with van der Waals surface area (Å²) < 4.78 is 67.4. The van der Waals surface area contributed by atoms with Crippen molar-refractivity contribution in [1.82, 2.24) is 5.32 Å². The Morgan fingerprint density at radius 2 is 1.50 bits per heavy atom. The van der Waals surface area contributed by atoms with E-state index in [1.807, 2.05) is 31.2 Å². The summed E-state index contributed by atoms with van der Waals surface area (Å²) in [6, 6.07) is 16.8. The molecule has 0 saturated carbocycles. The predicted molar refractivity (Wildman–Crippen MR) is 125 cm³/mol. The fourth-order valence-electron chi connectivity index (χ4n) is 3.35. The number of nitrogens with one attached hydrogen (secondary N) is 1. The monoisotopic (exact) mass is 490 g/mol. The summed E-state index contributed by atoms with van der Waals surface area (Å²) in [7, 11) is -4.33. The number of carbonyl (C=O) groups excluding carboxylic acids is 1. The van der Waals surface area contributed by atoms with Gasteiger partial charge >= 0.3 is 6.18 Å². The van der Waals surface area contributed by atoms with E-state index in [1.165, 1.54) is 18.2 Å². The van der Waals surface area contributed by atoms with Gasteiger partial charge in [-0.25, -0.2) is 8.42 Å². The van der Waals surface area contributed by atoms with E-state index >= 15 is 0 Å². The second-order valence-electron chi connectivity index (χ2n) is 8.07. The number of hydrogen-bond acceptors (Lipinski definition) is 3. The Hall–Kier alpha value is -3.33. The normalized spacial score (nSPS) is 12.8. The first-order chi connectivity index (χ1) is 15.9. The second-order valence-corrected chi connectivity index (χ2v) is 9.94. The van der Waals surface area contributed by atoms with Crippen molar-refractivity contribution < 1.29 is 26.4 Å². The Bertz CT molecular complexity index is 1260. The van der Waals surface area contributed by atoms with E-state index in [2.05, 4.69) is 5.32 Å². The molecule has 0 heterocycles. The average Bonchev–Trinajstić information content (AvgIpc) is 2.77. The van der Waals surface area contributed by atoms with Crippen LogP contribution in [0.15, 0.2) is 77.7 Å². The molecule has 1 N–H and O–H groups in total. The molecule has 9 heteroatoms. The van der Waals surface area contributed by atoms with Gasteiger partial charge in [0.2, 0.25) is 5.91 Å². The number of benzene rings is 3. The number of alkyl halides is 3. The van der Waals surface area contributed by atoms with Crippen LogP contribution < -0.4 is 9.62 Å². The molecule has 1 amide bonds. The number of aryl methyl sites for hydroxylation is 2. The molecule has 3 aromatic rings. The van der Waals surface area contributed by atoms with Crippen LogP contribution in [0.25, 0.3) is 0 Å². The average molecular weight is 491 g/mol. The number of sulfonamides is 1. The van der Waals surface area contributed by atoms with Gasteiger partial charge in [-0.15, -0.1) is 0 Å². The summed E-state index contributed by atoms with van der Waals surface area (Å²) >= 11 is 0. The van der Waals surface area contributed by atoms with Crippen molar-refractivity contribution in [2.75, 3.05) is 10.8 Å². The standard InChI is InChI=1S/C25H25F3N2O3S/c1-17-7-11-20(12-8-17)19(3)29-24(31)16-30(22-6-4-5-21(15-22)25(26,27)28)34(32,33)23-13-9-18(2)10-14-23/h4-15,19H,16H2,1-3H3,(H,29,31). The predicted octanol–water partition coefficient (Wildman–Crippen LogP) is 5.39. The van der Waals surface area contributed by atoms with Crippen LogP contribution in [0.2, 0.25) is 0 Å². The highest BCUT2D eigenvalue weighted by molar-refractivity contribution is 7.92. The van der Waals surface area contributed by atoms with E-state index in [0.717, 1.165) is 34.9 Å². The highest BCUT2D eigenvalue weighted by Crippen LogP contribution is 2.33. The highest BCUT2D eigenvalue weighted by atomic mass is 32.2. The van der Waals surface area contributed by atoms with Crippen molar-refractivity contribution in [2.45, 2.75) is 37.9 Å². The molecule has 0 bridgehead atoms. The van der Waals surface area contributed by atoms with Crippen LogP contribution in [0, 0.1) is 13.8 Å². The molecule has 3 rings (SSSR count). The quantitative estimate of drug-likeness (QED) is 0.483. The molecule has 0 aliphatic heterocycles. The lowest BCUT2D eigenvalue weighted by Crippen LogP contribution is -2.41. The Kier molecular flexibility index (Phi) is 7.35. The number of rotatable bonds is 7. The van der Waals surface area contributed by atoms with Crippen molar-refractivity contribution >= 4 is 21.6 Å². The summed E-state index contributed by atoms with van der Waals surface area (Å²) in [5.74, 6) is -0.652. The van der Waals surface area contributed by atoms with Crippen molar-refractivity contribution in [2.24, 2.45) is 0 Å². The summed E-state index contributed by atoms with van der Waals surface area (Å²) in [5, 5.41) is 2.73. The fraction of sp³-hybridized carbons (Fsp3) is 0.240. The van der Waals surface area contributed by atoms with Gasteiger partial charge in [0.1, 0.15) is 6.54 Å². The molecule has 180 valence electrons. The third-order valence-corrected chi connectivity index (χ3v) is 7.10. The van der Waals surface area contributed by atoms with Crippen LogP contribution in [0.5, 0.6) is 0 Å². The lowest BCUT2D eigenvalue weighted by Gasteiger charge is -2.26. The van der Waals surface area contributed by atoms with Crippen LogP contribution in [-0.2, 0) is 21.0 Å². The molecule has 0 spiro atoms. The highest BCUT2D eigenvalue weighted by Gasteiger charge is 2.33. The second kappa shape index (κ2) is 9.89. The van der Waals surface area contributed by atoms with Crippen LogP contribution in [-0.4, -0.2) is 20.9 Å². The van der Waals surface area contributed by atoms with Crippen molar-refractivity contribution in [1.29, 1.82) is 0 Å². The molecule has 34 heavy (non-hydrogen) atoms. The lowest BCUT2D eigenvalue weighted by molar-refractivity contribution is -0.137. The maximum absolute atomic E-state index is 13.4. The molecule has 1 unspecified atom stereocenters. The Morgan fingerprint density at radius 1 is 0.941 bits per heavy atom. The van der Waals surface area contributed by atoms with Crippen molar-refractivity contribution in [3.8, 4) is 0 Å². The maximum Gasteiger partial charge on any atom is 0.416 e. The van der Waals surface area contributed by atoms with E-state index < -0.39 is 40.3 Å². The van der Waals surface area contributed by atoms with Crippen LogP contribution in [0.1, 0.15) is 35.2 Å². The van der Waals surface area contributed by atoms with Crippen LogP contribution in [0.4, 0.5) is 18.9 Å². The maximum atomic E-state index is 13.4. The molecule has 0 fully saturated rings. The zero-order chi connectivity index (χ0) is 25.1. The molecule has 1 atom stereocenters. The number of halogens is 3. The third kappa shape index (κ3) is 5.96. The first kappa shape index (κ1) is 25.3. The largest absolute Gasteiger partial charge is 0.416 e. The van der Waals surface area contributed by atoms with E-state index in [4.69, 9.17) is 0 Å².